The molecule has 0 aliphatic carbocycles. The summed E-state index contributed by atoms with van der Waals surface area (Å²) in [5.41, 5.74) is 4.07. The van der Waals surface area contributed by atoms with Crippen LogP contribution in [0.5, 0.6) is 0 Å². The van der Waals surface area contributed by atoms with E-state index in [0.29, 0.717) is 11.8 Å². The van der Waals surface area contributed by atoms with Crippen LogP contribution in [0.15, 0.2) is 65.1 Å². The van der Waals surface area contributed by atoms with Crippen molar-refractivity contribution in [1.29, 1.82) is 5.41 Å². The van der Waals surface area contributed by atoms with Crippen molar-refractivity contribution < 1.29 is 13.2 Å². The van der Waals surface area contributed by atoms with Crippen molar-refractivity contribution in [1.82, 2.24) is 4.98 Å². The van der Waals surface area contributed by atoms with E-state index in [0.717, 1.165) is 10.0 Å². The van der Waals surface area contributed by atoms with Crippen LogP contribution in [-0.2, 0) is 0 Å². The molecule has 3 N–H and O–H groups in total. The molecule has 4 nitrogen and oxygen atoms in total. The highest BCUT2D eigenvalue weighted by Crippen LogP contribution is 2.39. The summed E-state index contributed by atoms with van der Waals surface area (Å²) in [6.45, 7) is 0. The summed E-state index contributed by atoms with van der Waals surface area (Å²) in [5.74, 6) is 0. The molecule has 134 valence electrons. The van der Waals surface area contributed by atoms with Gasteiger partial charge in [0.15, 0.2) is 0 Å². The van der Waals surface area contributed by atoms with Gasteiger partial charge in [-0.15, -0.1) is 22.7 Å². The molecular formula is C17H13F3N4S2. The first kappa shape index (κ1) is 18.2. The number of hydrogen-bond acceptors (Lipinski definition) is 6. The van der Waals surface area contributed by atoms with Crippen molar-refractivity contribution in [3.05, 3.63) is 70.8 Å². The van der Waals surface area contributed by atoms with Crippen LogP contribution in [0.1, 0.15) is 5.69 Å². The van der Waals surface area contributed by atoms with E-state index in [1.807, 2.05) is 39.9 Å². The number of pyridine rings is 1. The number of nitrogens with zero attached hydrogens (tertiary/aromatic N) is 2. The highest BCUT2D eigenvalue weighted by atomic mass is 32.1. The fraction of sp³-hybridized carbons (Fsp3) is 0.0588. The summed E-state index contributed by atoms with van der Waals surface area (Å²) in [7, 11) is 0. The van der Waals surface area contributed by atoms with Crippen LogP contribution in [-0.4, -0.2) is 16.9 Å². The van der Waals surface area contributed by atoms with Crippen LogP contribution in [0.3, 0.4) is 0 Å². The Morgan fingerprint density at radius 2 is 1.73 bits per heavy atom. The lowest BCUT2D eigenvalue weighted by Gasteiger charge is -2.21. The Morgan fingerprint density at radius 3 is 2.23 bits per heavy atom. The first-order valence-corrected chi connectivity index (χ1v) is 9.08. The average molecular weight is 394 g/mol. The van der Waals surface area contributed by atoms with Crippen LogP contribution in [0.25, 0.3) is 0 Å². The second kappa shape index (κ2) is 7.30. The number of allylic oxidation sites excluding steroid dienone is 2. The van der Waals surface area contributed by atoms with Crippen molar-refractivity contribution in [3.8, 4) is 0 Å². The molecule has 3 heterocycles. The molecule has 3 aromatic heterocycles. The fourth-order valence-electron chi connectivity index (χ4n) is 2.17. The number of alkyl halides is 3. The number of halogens is 3. The van der Waals surface area contributed by atoms with E-state index in [-0.39, 0.29) is 5.69 Å². The van der Waals surface area contributed by atoms with Gasteiger partial charge in [0.1, 0.15) is 15.7 Å². The number of aromatic nitrogens is 1. The molecule has 0 bridgehead atoms. The zero-order chi connectivity index (χ0) is 18.7. The molecule has 3 rings (SSSR count). The van der Waals surface area contributed by atoms with E-state index in [9.17, 15) is 13.2 Å². The molecule has 0 saturated heterocycles. The molecule has 0 spiro atoms. The van der Waals surface area contributed by atoms with Crippen molar-refractivity contribution >= 4 is 44.1 Å². The quantitative estimate of drug-likeness (QED) is 0.566. The van der Waals surface area contributed by atoms with Crippen LogP contribution >= 0.6 is 22.7 Å². The second-order valence-corrected chi connectivity index (χ2v) is 7.00. The van der Waals surface area contributed by atoms with Crippen molar-refractivity contribution in [2.24, 2.45) is 5.73 Å². The van der Waals surface area contributed by atoms with Crippen molar-refractivity contribution in [2.75, 3.05) is 4.90 Å². The van der Waals surface area contributed by atoms with Crippen molar-refractivity contribution in [2.45, 2.75) is 6.18 Å². The second-order valence-electron chi connectivity index (χ2n) is 5.15. The van der Waals surface area contributed by atoms with Crippen LogP contribution in [0.4, 0.5) is 28.9 Å². The highest BCUT2D eigenvalue weighted by Gasteiger charge is 2.31. The predicted molar refractivity (Wildman–Crippen MR) is 99.8 cm³/mol. The van der Waals surface area contributed by atoms with Gasteiger partial charge in [-0.2, -0.15) is 13.2 Å². The first-order valence-electron chi connectivity index (χ1n) is 7.33. The first-order chi connectivity index (χ1) is 12.4. The summed E-state index contributed by atoms with van der Waals surface area (Å²) in [5, 5.41) is 13.7. The minimum atomic E-state index is -4.68. The molecule has 3 aromatic rings. The average Bonchev–Trinajstić information content (AvgIpc) is 3.29. The van der Waals surface area contributed by atoms with Gasteiger partial charge in [-0.25, -0.2) is 0 Å². The van der Waals surface area contributed by atoms with Gasteiger partial charge in [-0.3, -0.25) is 15.3 Å². The number of hydrogen-bond donors (Lipinski definition) is 2. The molecule has 0 aliphatic rings. The van der Waals surface area contributed by atoms with Gasteiger partial charge < -0.3 is 5.73 Å². The molecule has 0 amide bonds. The third kappa shape index (κ3) is 3.94. The van der Waals surface area contributed by atoms with Gasteiger partial charge >= 0.3 is 6.18 Å². The van der Waals surface area contributed by atoms with Gasteiger partial charge in [0.2, 0.25) is 0 Å². The monoisotopic (exact) mass is 394 g/mol. The summed E-state index contributed by atoms with van der Waals surface area (Å²) in [4.78, 5) is 5.97. The summed E-state index contributed by atoms with van der Waals surface area (Å²) in [6.07, 6.45) is -2.64. The van der Waals surface area contributed by atoms with Crippen LogP contribution < -0.4 is 10.6 Å². The Balaban J connectivity index is 1.99. The molecule has 0 radical (unpaired) electrons. The van der Waals surface area contributed by atoms with Crippen LogP contribution in [0.2, 0.25) is 0 Å². The SMILES string of the molecule is N=C(C=C(N)C(F)(F)F)c1cc(N(c2cccs2)c2cccs2)ccn1. The number of rotatable bonds is 5. The van der Waals surface area contributed by atoms with E-state index < -0.39 is 17.6 Å². The summed E-state index contributed by atoms with van der Waals surface area (Å²) >= 11 is 3.06. The number of thiophene rings is 2. The lowest BCUT2D eigenvalue weighted by Crippen LogP contribution is -2.21. The Bertz CT molecular complexity index is 882. The third-order valence-corrected chi connectivity index (χ3v) is 5.06. The Morgan fingerprint density at radius 1 is 1.12 bits per heavy atom. The maximum Gasteiger partial charge on any atom is 0.430 e. The maximum absolute atomic E-state index is 12.6. The Kier molecular flexibility index (Phi) is 5.10. The van der Waals surface area contributed by atoms with Gasteiger partial charge in [-0.1, -0.05) is 0 Å². The normalized spacial score (nSPS) is 12.2. The minimum absolute atomic E-state index is 0.104. The minimum Gasteiger partial charge on any atom is -0.395 e. The van der Waals surface area contributed by atoms with E-state index in [2.05, 4.69) is 4.98 Å². The Hall–Kier alpha value is -2.65. The predicted octanol–water partition coefficient (Wildman–Crippen LogP) is 5.45. The fourth-order valence-corrected chi connectivity index (χ4v) is 3.76. The van der Waals surface area contributed by atoms with E-state index in [1.54, 1.807) is 12.1 Å². The molecule has 0 unspecified atom stereocenters. The number of nitrogens with two attached hydrogens (primary N) is 1. The zero-order valence-corrected chi connectivity index (χ0v) is 14.8. The smallest absolute Gasteiger partial charge is 0.395 e. The zero-order valence-electron chi connectivity index (χ0n) is 13.2. The lowest BCUT2D eigenvalue weighted by atomic mass is 10.2. The molecule has 0 aromatic carbocycles. The molecule has 9 heteroatoms. The van der Waals surface area contributed by atoms with E-state index >= 15 is 0 Å². The maximum atomic E-state index is 12.6. The molecular weight excluding hydrogens is 381 g/mol. The van der Waals surface area contributed by atoms with E-state index in [1.165, 1.54) is 28.9 Å². The molecule has 0 aliphatic heterocycles. The largest absolute Gasteiger partial charge is 0.430 e. The topological polar surface area (TPSA) is 66.0 Å². The van der Waals surface area contributed by atoms with E-state index in [4.69, 9.17) is 11.1 Å². The summed E-state index contributed by atoms with van der Waals surface area (Å²) in [6, 6.07) is 11.0. The molecule has 0 fully saturated rings. The molecule has 0 saturated carbocycles. The van der Waals surface area contributed by atoms with Gasteiger partial charge in [0, 0.05) is 6.20 Å². The molecule has 0 atom stereocenters. The van der Waals surface area contributed by atoms with Gasteiger partial charge in [0.05, 0.1) is 17.1 Å². The van der Waals surface area contributed by atoms with Crippen LogP contribution in [0, 0.1) is 5.41 Å². The third-order valence-electron chi connectivity index (χ3n) is 3.36. The standard InChI is InChI=1S/C17H13F3N4S2/c18-17(19,20)14(22)10-12(21)13-9-11(5-6-23-13)24(15-3-1-7-25-15)16-4-2-8-26-16/h1-10,21H,22H2. The van der Waals surface area contributed by atoms with Gasteiger partial charge in [-0.05, 0) is 53.2 Å². The highest BCUT2D eigenvalue weighted by molar-refractivity contribution is 7.16. The lowest BCUT2D eigenvalue weighted by molar-refractivity contribution is -0.0925. The summed E-state index contributed by atoms with van der Waals surface area (Å²) < 4.78 is 37.8. The number of anilines is 3. The Labute approximate surface area is 155 Å². The van der Waals surface area contributed by atoms with Crippen molar-refractivity contribution in [3.63, 3.8) is 0 Å². The molecule has 26 heavy (non-hydrogen) atoms. The van der Waals surface area contributed by atoms with Gasteiger partial charge in [0.25, 0.3) is 0 Å². The number of nitrogens with one attached hydrogen (secondary N) is 1.